The fourth-order valence-electron chi connectivity index (χ4n) is 2.04. The van der Waals surface area contributed by atoms with E-state index < -0.39 is 11.9 Å². The van der Waals surface area contributed by atoms with Crippen LogP contribution in [0.1, 0.15) is 32.0 Å². The molecule has 0 N–H and O–H groups in total. The van der Waals surface area contributed by atoms with Crippen LogP contribution in [-0.4, -0.2) is 35.9 Å². The lowest BCUT2D eigenvalue weighted by atomic mass is 10.1. The van der Waals surface area contributed by atoms with Crippen LogP contribution in [0.5, 0.6) is 0 Å². The molecular weight excluding hydrogens is 399 g/mol. The van der Waals surface area contributed by atoms with Crippen LogP contribution in [0.15, 0.2) is 18.2 Å². The molecule has 0 amide bonds. The predicted molar refractivity (Wildman–Crippen MR) is 88.4 cm³/mol. The summed E-state index contributed by atoms with van der Waals surface area (Å²) in [6, 6.07) is 5.75. The lowest BCUT2D eigenvalue weighted by molar-refractivity contribution is 0.0551. The summed E-state index contributed by atoms with van der Waals surface area (Å²) in [5.74, 6) is -1.30. The molecule has 1 aromatic heterocycles. The van der Waals surface area contributed by atoms with E-state index in [0.29, 0.717) is 3.70 Å². The van der Waals surface area contributed by atoms with Gasteiger partial charge in [0.05, 0.1) is 19.9 Å². The van der Waals surface area contributed by atoms with Crippen molar-refractivity contribution in [3.05, 3.63) is 44.3 Å². The van der Waals surface area contributed by atoms with Crippen LogP contribution in [0.4, 0.5) is 0 Å². The van der Waals surface area contributed by atoms with Crippen molar-refractivity contribution in [2.24, 2.45) is 0 Å². The monoisotopic (exact) mass is 414 g/mol. The fraction of sp³-hybridized carbons (Fsp3) is 0.267. The number of halogens is 1. The lowest BCUT2D eigenvalue weighted by Gasteiger charge is -2.09. The average molecular weight is 414 g/mol. The number of aryl methyl sites for hydroxylation is 1. The van der Waals surface area contributed by atoms with E-state index in [-0.39, 0.29) is 11.3 Å². The van der Waals surface area contributed by atoms with E-state index in [1.54, 1.807) is 4.68 Å². The van der Waals surface area contributed by atoms with Crippen molar-refractivity contribution >= 4 is 34.5 Å². The number of rotatable bonds is 3. The van der Waals surface area contributed by atoms with E-state index >= 15 is 0 Å². The number of ether oxygens (including phenoxy) is 2. The zero-order valence-electron chi connectivity index (χ0n) is 12.6. The molecule has 0 atom stereocenters. The standard InChI is InChI=1S/C15H15IN2O4/c1-8-6-5-7-10(9(8)2)18-13(16)11(14(19)21-3)12(17-18)15(20)22-4/h5-7H,1-4H3. The van der Waals surface area contributed by atoms with Gasteiger partial charge in [-0.3, -0.25) is 0 Å². The predicted octanol–water partition coefficient (Wildman–Crippen LogP) is 2.67. The van der Waals surface area contributed by atoms with Gasteiger partial charge in [0.25, 0.3) is 0 Å². The number of esters is 2. The Labute approximate surface area is 141 Å². The third-order valence-electron chi connectivity index (χ3n) is 3.40. The Morgan fingerprint density at radius 2 is 1.77 bits per heavy atom. The van der Waals surface area contributed by atoms with Crippen LogP contribution < -0.4 is 0 Å². The van der Waals surface area contributed by atoms with Gasteiger partial charge in [-0.05, 0) is 53.6 Å². The maximum atomic E-state index is 12.0. The Hall–Kier alpha value is -1.90. The molecule has 1 aromatic carbocycles. The van der Waals surface area contributed by atoms with Gasteiger partial charge in [0.1, 0.15) is 9.26 Å². The second-order valence-corrected chi connectivity index (χ2v) is 5.65. The van der Waals surface area contributed by atoms with Gasteiger partial charge < -0.3 is 9.47 Å². The second kappa shape index (κ2) is 6.47. The van der Waals surface area contributed by atoms with Crippen LogP contribution >= 0.6 is 22.6 Å². The van der Waals surface area contributed by atoms with Gasteiger partial charge in [0, 0.05) is 0 Å². The van der Waals surface area contributed by atoms with Crippen molar-refractivity contribution < 1.29 is 19.1 Å². The molecule has 0 aliphatic heterocycles. The normalized spacial score (nSPS) is 10.4. The molecule has 0 bridgehead atoms. The number of aromatic nitrogens is 2. The molecule has 0 saturated carbocycles. The van der Waals surface area contributed by atoms with Gasteiger partial charge in [0.2, 0.25) is 0 Å². The molecule has 1 heterocycles. The quantitative estimate of drug-likeness (QED) is 0.571. The van der Waals surface area contributed by atoms with Gasteiger partial charge in [-0.25, -0.2) is 14.3 Å². The zero-order valence-corrected chi connectivity index (χ0v) is 14.8. The van der Waals surface area contributed by atoms with Crippen molar-refractivity contribution in [2.45, 2.75) is 13.8 Å². The van der Waals surface area contributed by atoms with Crippen molar-refractivity contribution in [1.82, 2.24) is 9.78 Å². The molecule has 2 rings (SSSR count). The summed E-state index contributed by atoms with van der Waals surface area (Å²) in [4.78, 5) is 23.9. The summed E-state index contributed by atoms with van der Waals surface area (Å²) in [6.45, 7) is 3.94. The van der Waals surface area contributed by atoms with Crippen LogP contribution in [-0.2, 0) is 9.47 Å². The summed E-state index contributed by atoms with van der Waals surface area (Å²) < 4.78 is 11.5. The molecule has 0 aliphatic carbocycles. The van der Waals surface area contributed by atoms with E-state index in [1.165, 1.54) is 14.2 Å². The molecule has 0 spiro atoms. The lowest BCUT2D eigenvalue weighted by Crippen LogP contribution is -2.11. The first-order valence-electron chi connectivity index (χ1n) is 6.44. The number of carbonyl (C=O) groups excluding carboxylic acids is 2. The molecule has 0 radical (unpaired) electrons. The third kappa shape index (κ3) is 2.72. The van der Waals surface area contributed by atoms with Gasteiger partial charge in [-0.2, -0.15) is 5.10 Å². The van der Waals surface area contributed by atoms with Gasteiger partial charge in [0.15, 0.2) is 5.69 Å². The summed E-state index contributed by atoms with van der Waals surface area (Å²) in [5, 5.41) is 4.26. The average Bonchev–Trinajstić information content (AvgIpc) is 2.86. The van der Waals surface area contributed by atoms with E-state index in [0.717, 1.165) is 16.8 Å². The first-order chi connectivity index (χ1) is 10.4. The van der Waals surface area contributed by atoms with Crippen LogP contribution in [0, 0.1) is 17.5 Å². The van der Waals surface area contributed by atoms with E-state index in [9.17, 15) is 9.59 Å². The minimum absolute atomic E-state index is 0.0559. The molecular formula is C15H15IN2O4. The van der Waals surface area contributed by atoms with Gasteiger partial charge >= 0.3 is 11.9 Å². The number of carbonyl (C=O) groups is 2. The highest BCUT2D eigenvalue weighted by Crippen LogP contribution is 2.25. The van der Waals surface area contributed by atoms with Crippen molar-refractivity contribution in [1.29, 1.82) is 0 Å². The van der Waals surface area contributed by atoms with Gasteiger partial charge in [-0.1, -0.05) is 12.1 Å². The molecule has 0 aliphatic rings. The van der Waals surface area contributed by atoms with Crippen LogP contribution in [0.3, 0.4) is 0 Å². The second-order valence-electron chi connectivity index (χ2n) is 4.63. The SMILES string of the molecule is COC(=O)c1nn(-c2cccc(C)c2C)c(I)c1C(=O)OC. The third-order valence-corrected chi connectivity index (χ3v) is 4.40. The van der Waals surface area contributed by atoms with Crippen molar-refractivity contribution in [3.8, 4) is 5.69 Å². The largest absolute Gasteiger partial charge is 0.465 e. The number of methoxy groups -OCH3 is 2. The Balaban J connectivity index is 2.73. The summed E-state index contributed by atoms with van der Waals surface area (Å²) in [7, 11) is 2.50. The van der Waals surface area contributed by atoms with E-state index in [1.807, 2.05) is 54.6 Å². The highest BCUT2D eigenvalue weighted by Gasteiger charge is 2.29. The molecule has 0 unspecified atom stereocenters. The highest BCUT2D eigenvalue weighted by molar-refractivity contribution is 14.1. The molecule has 116 valence electrons. The number of hydrogen-bond donors (Lipinski definition) is 0. The molecule has 6 nitrogen and oxygen atoms in total. The van der Waals surface area contributed by atoms with E-state index in [2.05, 4.69) is 5.10 Å². The number of benzene rings is 1. The summed E-state index contributed by atoms with van der Waals surface area (Å²) >= 11 is 1.97. The Kier molecular flexibility index (Phi) is 4.84. The smallest absolute Gasteiger partial charge is 0.359 e. The van der Waals surface area contributed by atoms with Gasteiger partial charge in [-0.15, -0.1) is 0 Å². The topological polar surface area (TPSA) is 70.4 Å². The van der Waals surface area contributed by atoms with Crippen molar-refractivity contribution in [2.75, 3.05) is 14.2 Å². The van der Waals surface area contributed by atoms with Crippen molar-refractivity contribution in [3.63, 3.8) is 0 Å². The summed E-state index contributed by atoms with van der Waals surface area (Å²) in [6.07, 6.45) is 0. The Bertz CT molecular complexity index is 752. The highest BCUT2D eigenvalue weighted by atomic mass is 127. The number of nitrogens with zero attached hydrogens (tertiary/aromatic N) is 2. The minimum Gasteiger partial charge on any atom is -0.465 e. The van der Waals surface area contributed by atoms with Crippen LogP contribution in [0.25, 0.3) is 5.69 Å². The molecule has 22 heavy (non-hydrogen) atoms. The summed E-state index contributed by atoms with van der Waals surface area (Å²) in [5.41, 5.74) is 2.94. The maximum Gasteiger partial charge on any atom is 0.359 e. The first-order valence-corrected chi connectivity index (χ1v) is 7.52. The zero-order chi connectivity index (χ0) is 16.4. The van der Waals surface area contributed by atoms with Crippen LogP contribution in [0.2, 0.25) is 0 Å². The Morgan fingerprint density at radius 3 is 2.36 bits per heavy atom. The molecule has 0 fully saturated rings. The fourth-order valence-corrected chi connectivity index (χ4v) is 2.89. The number of hydrogen-bond acceptors (Lipinski definition) is 5. The molecule has 0 saturated heterocycles. The maximum absolute atomic E-state index is 12.0. The minimum atomic E-state index is -0.678. The first kappa shape index (κ1) is 16.5. The Morgan fingerprint density at radius 1 is 1.14 bits per heavy atom. The molecule has 7 heteroatoms. The van der Waals surface area contributed by atoms with E-state index in [4.69, 9.17) is 9.47 Å². The molecule has 2 aromatic rings.